The fourth-order valence-electron chi connectivity index (χ4n) is 3.01. The van der Waals surface area contributed by atoms with Crippen LogP contribution in [0.3, 0.4) is 0 Å². The van der Waals surface area contributed by atoms with E-state index in [2.05, 4.69) is 0 Å². The van der Waals surface area contributed by atoms with E-state index in [4.69, 9.17) is 0 Å². The molecule has 0 saturated carbocycles. The summed E-state index contributed by atoms with van der Waals surface area (Å²) in [5.74, 6) is 0.0789. The van der Waals surface area contributed by atoms with Gasteiger partial charge in [0.2, 0.25) is 11.8 Å². The molecule has 5 heteroatoms. The van der Waals surface area contributed by atoms with Gasteiger partial charge in [-0.3, -0.25) is 14.0 Å². The standard InChI is InChI=1S/C13H21FN2O2/c1-2-10-12(17)16-8-4-3-6-11(16)13(18)15(10)9-5-7-14/h10-11H,2-9H2,1H3. The van der Waals surface area contributed by atoms with E-state index < -0.39 is 6.67 Å². The van der Waals surface area contributed by atoms with E-state index in [-0.39, 0.29) is 23.9 Å². The normalized spacial score (nSPS) is 28.6. The minimum absolute atomic E-state index is 0.0228. The highest BCUT2D eigenvalue weighted by atomic mass is 19.1. The van der Waals surface area contributed by atoms with Crippen LogP contribution in [0, 0.1) is 0 Å². The van der Waals surface area contributed by atoms with Crippen molar-refractivity contribution in [1.29, 1.82) is 0 Å². The molecule has 2 saturated heterocycles. The predicted octanol–water partition coefficient (Wildman–Crippen LogP) is 1.35. The number of fused-ring (bicyclic) bond motifs is 1. The quantitative estimate of drug-likeness (QED) is 0.761. The number of halogens is 1. The molecule has 4 nitrogen and oxygen atoms in total. The van der Waals surface area contributed by atoms with Gasteiger partial charge in [-0.05, 0) is 32.1 Å². The van der Waals surface area contributed by atoms with Gasteiger partial charge in [-0.2, -0.15) is 0 Å². The predicted molar refractivity (Wildman–Crippen MR) is 65.7 cm³/mol. The molecule has 0 radical (unpaired) electrons. The van der Waals surface area contributed by atoms with Gasteiger partial charge < -0.3 is 9.80 Å². The Balaban J connectivity index is 2.18. The van der Waals surface area contributed by atoms with Crippen LogP contribution in [-0.2, 0) is 9.59 Å². The lowest BCUT2D eigenvalue weighted by molar-refractivity contribution is -0.164. The van der Waals surface area contributed by atoms with Crippen LogP contribution >= 0.6 is 0 Å². The van der Waals surface area contributed by atoms with E-state index in [1.54, 1.807) is 9.80 Å². The minimum atomic E-state index is -0.442. The van der Waals surface area contributed by atoms with Gasteiger partial charge in [0, 0.05) is 13.1 Å². The molecule has 0 aromatic heterocycles. The summed E-state index contributed by atoms with van der Waals surface area (Å²) >= 11 is 0. The number of hydrogen-bond acceptors (Lipinski definition) is 2. The lowest BCUT2D eigenvalue weighted by Crippen LogP contribution is -2.65. The van der Waals surface area contributed by atoms with Gasteiger partial charge in [0.05, 0.1) is 6.67 Å². The molecule has 102 valence electrons. The fourth-order valence-corrected chi connectivity index (χ4v) is 3.01. The first-order valence-electron chi connectivity index (χ1n) is 6.87. The van der Waals surface area contributed by atoms with E-state index in [0.29, 0.717) is 25.9 Å². The highest BCUT2D eigenvalue weighted by molar-refractivity contribution is 5.97. The molecular formula is C13H21FN2O2. The lowest BCUT2D eigenvalue weighted by atomic mass is 9.94. The molecular weight excluding hydrogens is 235 g/mol. The Morgan fingerprint density at radius 2 is 2.06 bits per heavy atom. The van der Waals surface area contributed by atoms with Crippen LogP contribution in [0.25, 0.3) is 0 Å². The number of rotatable bonds is 4. The summed E-state index contributed by atoms with van der Waals surface area (Å²) in [5.41, 5.74) is 0. The highest BCUT2D eigenvalue weighted by Crippen LogP contribution is 2.27. The van der Waals surface area contributed by atoms with E-state index in [0.717, 1.165) is 19.3 Å². The molecule has 2 amide bonds. The Morgan fingerprint density at radius 3 is 2.72 bits per heavy atom. The van der Waals surface area contributed by atoms with Crippen molar-refractivity contribution in [2.24, 2.45) is 0 Å². The Hall–Kier alpha value is -1.13. The lowest BCUT2D eigenvalue weighted by Gasteiger charge is -2.46. The Bertz CT molecular complexity index is 335. The number of carbonyl (C=O) groups excluding carboxylic acids is 2. The SMILES string of the molecule is CCC1C(=O)N2CCCCC2C(=O)N1CCCF. The van der Waals surface area contributed by atoms with Crippen LogP contribution in [0.1, 0.15) is 39.0 Å². The number of carbonyl (C=O) groups is 2. The summed E-state index contributed by atoms with van der Waals surface area (Å²) in [4.78, 5) is 28.1. The van der Waals surface area contributed by atoms with E-state index in [1.807, 2.05) is 6.92 Å². The molecule has 0 aromatic carbocycles. The molecule has 0 bridgehead atoms. The van der Waals surface area contributed by atoms with Crippen molar-refractivity contribution in [3.05, 3.63) is 0 Å². The molecule has 2 atom stereocenters. The second kappa shape index (κ2) is 5.67. The molecule has 2 heterocycles. The summed E-state index contributed by atoms with van der Waals surface area (Å²) in [6.07, 6.45) is 3.67. The number of piperidine rings is 1. The number of amides is 2. The second-order valence-corrected chi connectivity index (χ2v) is 5.04. The Labute approximate surface area is 107 Å². The van der Waals surface area contributed by atoms with Crippen molar-refractivity contribution < 1.29 is 14.0 Å². The third-order valence-electron chi connectivity index (χ3n) is 3.93. The van der Waals surface area contributed by atoms with Crippen LogP contribution in [0.2, 0.25) is 0 Å². The largest absolute Gasteiger partial charge is 0.329 e. The van der Waals surface area contributed by atoms with E-state index in [1.165, 1.54) is 0 Å². The van der Waals surface area contributed by atoms with Crippen LogP contribution in [0.15, 0.2) is 0 Å². The van der Waals surface area contributed by atoms with Gasteiger partial charge in [-0.25, -0.2) is 0 Å². The van der Waals surface area contributed by atoms with Crippen molar-refractivity contribution in [3.8, 4) is 0 Å². The van der Waals surface area contributed by atoms with Gasteiger partial charge in [0.25, 0.3) is 0 Å². The number of hydrogen-bond donors (Lipinski definition) is 0. The molecule has 0 aromatic rings. The summed E-state index contributed by atoms with van der Waals surface area (Å²) in [6, 6.07) is -0.660. The molecule has 2 rings (SSSR count). The third kappa shape index (κ3) is 2.22. The summed E-state index contributed by atoms with van der Waals surface area (Å²) in [7, 11) is 0. The number of alkyl halides is 1. The molecule has 18 heavy (non-hydrogen) atoms. The smallest absolute Gasteiger partial charge is 0.246 e. The molecule has 0 N–H and O–H groups in total. The van der Waals surface area contributed by atoms with Gasteiger partial charge >= 0.3 is 0 Å². The van der Waals surface area contributed by atoms with Gasteiger partial charge in [-0.15, -0.1) is 0 Å². The van der Waals surface area contributed by atoms with Crippen molar-refractivity contribution in [3.63, 3.8) is 0 Å². The summed E-state index contributed by atoms with van der Waals surface area (Å²) < 4.78 is 12.3. The molecule has 2 aliphatic heterocycles. The summed E-state index contributed by atoms with van der Waals surface area (Å²) in [6.45, 7) is 2.53. The zero-order chi connectivity index (χ0) is 13.1. The Morgan fingerprint density at radius 1 is 1.28 bits per heavy atom. The first-order valence-corrected chi connectivity index (χ1v) is 6.87. The molecule has 2 unspecified atom stereocenters. The first-order chi connectivity index (χ1) is 8.70. The maximum absolute atomic E-state index is 12.4. The minimum Gasteiger partial charge on any atom is -0.329 e. The average Bonchev–Trinajstić information content (AvgIpc) is 2.41. The average molecular weight is 256 g/mol. The monoisotopic (exact) mass is 256 g/mol. The topological polar surface area (TPSA) is 40.6 Å². The fraction of sp³-hybridized carbons (Fsp3) is 0.846. The van der Waals surface area contributed by atoms with Crippen LogP contribution in [0.5, 0.6) is 0 Å². The van der Waals surface area contributed by atoms with E-state index in [9.17, 15) is 14.0 Å². The van der Waals surface area contributed by atoms with Crippen molar-refractivity contribution in [2.45, 2.75) is 51.1 Å². The zero-order valence-corrected chi connectivity index (χ0v) is 10.9. The first kappa shape index (κ1) is 13.3. The molecule has 0 aliphatic carbocycles. The molecule has 2 fully saturated rings. The van der Waals surface area contributed by atoms with Crippen molar-refractivity contribution in [1.82, 2.24) is 9.80 Å². The van der Waals surface area contributed by atoms with Gasteiger partial charge in [-0.1, -0.05) is 6.92 Å². The van der Waals surface area contributed by atoms with E-state index >= 15 is 0 Å². The van der Waals surface area contributed by atoms with Crippen LogP contribution in [0.4, 0.5) is 4.39 Å². The van der Waals surface area contributed by atoms with Crippen molar-refractivity contribution >= 4 is 11.8 Å². The Kier molecular flexibility index (Phi) is 4.19. The van der Waals surface area contributed by atoms with Crippen LogP contribution < -0.4 is 0 Å². The number of piperazine rings is 1. The zero-order valence-electron chi connectivity index (χ0n) is 10.9. The highest BCUT2D eigenvalue weighted by Gasteiger charge is 2.45. The van der Waals surface area contributed by atoms with Crippen LogP contribution in [-0.4, -0.2) is 53.5 Å². The van der Waals surface area contributed by atoms with Crippen molar-refractivity contribution in [2.75, 3.05) is 19.8 Å². The maximum atomic E-state index is 12.4. The summed E-state index contributed by atoms with van der Waals surface area (Å²) in [5, 5.41) is 0. The maximum Gasteiger partial charge on any atom is 0.246 e. The third-order valence-corrected chi connectivity index (χ3v) is 3.93. The molecule has 0 spiro atoms. The number of nitrogens with zero attached hydrogens (tertiary/aromatic N) is 2. The van der Waals surface area contributed by atoms with Gasteiger partial charge in [0.15, 0.2) is 0 Å². The van der Waals surface area contributed by atoms with Gasteiger partial charge in [0.1, 0.15) is 12.1 Å². The second-order valence-electron chi connectivity index (χ2n) is 5.04. The molecule has 2 aliphatic rings.